The first kappa shape index (κ1) is 13.3. The van der Waals surface area contributed by atoms with E-state index in [4.69, 9.17) is 0 Å². The largest absolute Gasteiger partial charge is 0.380 e. The molecule has 0 fully saturated rings. The van der Waals surface area contributed by atoms with Gasteiger partial charge in [0.05, 0.1) is 5.69 Å². The molecule has 0 aliphatic carbocycles. The molecule has 0 saturated heterocycles. The Labute approximate surface area is 128 Å². The summed E-state index contributed by atoms with van der Waals surface area (Å²) >= 11 is 5.19. The first-order chi connectivity index (χ1) is 9.72. The summed E-state index contributed by atoms with van der Waals surface area (Å²) in [6.45, 7) is 2.68. The predicted octanol–water partition coefficient (Wildman–Crippen LogP) is 3.41. The predicted molar refractivity (Wildman–Crippen MR) is 83.2 cm³/mol. The van der Waals surface area contributed by atoms with Crippen LogP contribution in [0.15, 0.2) is 40.2 Å². The molecule has 0 unspecified atom stereocenters. The van der Waals surface area contributed by atoms with Gasteiger partial charge in [-0.2, -0.15) is 4.68 Å². The van der Waals surface area contributed by atoms with Crippen LogP contribution in [0.4, 0.5) is 5.69 Å². The van der Waals surface area contributed by atoms with Crippen LogP contribution >= 0.6 is 27.3 Å². The monoisotopic (exact) mass is 349 g/mol. The Balaban J connectivity index is 1.76. The van der Waals surface area contributed by atoms with Crippen molar-refractivity contribution in [1.29, 1.82) is 0 Å². The molecule has 1 N–H and O–H groups in total. The number of hydrogen-bond donors (Lipinski definition) is 1. The SMILES string of the molecule is Cc1nnnn1-c1cccc(NCc2cc(Br)cs2)c1. The first-order valence-electron chi connectivity index (χ1n) is 6.04. The normalized spacial score (nSPS) is 10.7. The van der Waals surface area contributed by atoms with E-state index in [0.717, 1.165) is 28.2 Å². The van der Waals surface area contributed by atoms with Crippen molar-refractivity contribution >= 4 is 33.0 Å². The van der Waals surface area contributed by atoms with Gasteiger partial charge in [-0.15, -0.1) is 16.4 Å². The summed E-state index contributed by atoms with van der Waals surface area (Å²) in [4.78, 5) is 1.28. The zero-order valence-electron chi connectivity index (χ0n) is 10.7. The fourth-order valence-corrected chi connectivity index (χ4v) is 3.24. The minimum absolute atomic E-state index is 0.768. The molecule has 1 aromatic carbocycles. The standard InChI is InChI=1S/C13H12BrN5S/c1-9-16-17-18-19(9)12-4-2-3-11(6-12)15-7-13-5-10(14)8-20-13/h2-6,8,15H,7H2,1H3. The fraction of sp³-hybridized carbons (Fsp3) is 0.154. The van der Waals surface area contributed by atoms with E-state index in [9.17, 15) is 0 Å². The van der Waals surface area contributed by atoms with Crippen molar-refractivity contribution in [3.05, 3.63) is 50.9 Å². The van der Waals surface area contributed by atoms with Gasteiger partial charge in [0.15, 0.2) is 5.82 Å². The van der Waals surface area contributed by atoms with Crippen LogP contribution in [-0.2, 0) is 6.54 Å². The molecular formula is C13H12BrN5S. The van der Waals surface area contributed by atoms with Crippen LogP contribution < -0.4 is 5.32 Å². The van der Waals surface area contributed by atoms with Crippen LogP contribution in [0.5, 0.6) is 0 Å². The van der Waals surface area contributed by atoms with Crippen LogP contribution in [0.1, 0.15) is 10.7 Å². The number of thiophene rings is 1. The van der Waals surface area contributed by atoms with Gasteiger partial charge in [0.25, 0.3) is 0 Å². The smallest absolute Gasteiger partial charge is 0.153 e. The van der Waals surface area contributed by atoms with Gasteiger partial charge in [-0.25, -0.2) is 0 Å². The van der Waals surface area contributed by atoms with Crippen molar-refractivity contribution in [2.45, 2.75) is 13.5 Å². The lowest BCUT2D eigenvalue weighted by molar-refractivity contribution is 0.779. The zero-order chi connectivity index (χ0) is 13.9. The molecular weight excluding hydrogens is 338 g/mol. The van der Waals surface area contributed by atoms with Crippen molar-refractivity contribution in [2.24, 2.45) is 0 Å². The summed E-state index contributed by atoms with van der Waals surface area (Å²) in [6.07, 6.45) is 0. The van der Waals surface area contributed by atoms with Gasteiger partial charge in [-0.1, -0.05) is 6.07 Å². The Morgan fingerprint density at radius 2 is 2.25 bits per heavy atom. The molecule has 0 saturated carbocycles. The molecule has 2 heterocycles. The van der Waals surface area contributed by atoms with Crippen LogP contribution in [0.25, 0.3) is 5.69 Å². The number of aromatic nitrogens is 4. The number of nitrogens with zero attached hydrogens (tertiary/aromatic N) is 4. The maximum absolute atomic E-state index is 3.97. The van der Waals surface area contributed by atoms with Crippen molar-refractivity contribution in [2.75, 3.05) is 5.32 Å². The molecule has 0 aliphatic heterocycles. The Kier molecular flexibility index (Phi) is 3.79. The van der Waals surface area contributed by atoms with Crippen molar-refractivity contribution in [3.63, 3.8) is 0 Å². The summed E-state index contributed by atoms with van der Waals surface area (Å²) in [5.41, 5.74) is 1.99. The number of tetrazole rings is 1. The Morgan fingerprint density at radius 3 is 2.95 bits per heavy atom. The summed E-state index contributed by atoms with van der Waals surface area (Å²) in [7, 11) is 0. The highest BCUT2D eigenvalue weighted by atomic mass is 79.9. The molecule has 0 aliphatic rings. The van der Waals surface area contributed by atoms with Crippen LogP contribution in [-0.4, -0.2) is 20.2 Å². The maximum Gasteiger partial charge on any atom is 0.153 e. The molecule has 5 nitrogen and oxygen atoms in total. The highest BCUT2D eigenvalue weighted by Gasteiger charge is 2.04. The maximum atomic E-state index is 3.97. The number of hydrogen-bond acceptors (Lipinski definition) is 5. The molecule has 3 rings (SSSR count). The molecule has 7 heteroatoms. The lowest BCUT2D eigenvalue weighted by Crippen LogP contribution is -2.02. The second kappa shape index (κ2) is 5.72. The summed E-state index contributed by atoms with van der Waals surface area (Å²) in [5.74, 6) is 0.768. The van der Waals surface area contributed by atoms with Crippen molar-refractivity contribution in [1.82, 2.24) is 20.2 Å². The zero-order valence-corrected chi connectivity index (χ0v) is 13.1. The quantitative estimate of drug-likeness (QED) is 0.784. The molecule has 0 spiro atoms. The summed E-state index contributed by atoms with van der Waals surface area (Å²) in [6, 6.07) is 10.2. The summed E-state index contributed by atoms with van der Waals surface area (Å²) in [5, 5.41) is 17.0. The van der Waals surface area contributed by atoms with Gasteiger partial charge in [0.1, 0.15) is 0 Å². The Morgan fingerprint density at radius 1 is 1.35 bits per heavy atom. The fourth-order valence-electron chi connectivity index (χ4n) is 1.85. The number of anilines is 1. The van der Waals surface area contributed by atoms with Gasteiger partial charge < -0.3 is 5.32 Å². The number of halogens is 1. The number of nitrogens with one attached hydrogen (secondary N) is 1. The topological polar surface area (TPSA) is 55.6 Å². The molecule has 0 atom stereocenters. The summed E-state index contributed by atoms with van der Waals surface area (Å²) < 4.78 is 2.84. The minimum atomic E-state index is 0.768. The second-order valence-electron chi connectivity index (χ2n) is 4.27. The molecule has 20 heavy (non-hydrogen) atoms. The first-order valence-corrected chi connectivity index (χ1v) is 7.72. The van der Waals surface area contributed by atoms with Gasteiger partial charge in [0.2, 0.25) is 0 Å². The highest BCUT2D eigenvalue weighted by molar-refractivity contribution is 9.10. The van der Waals surface area contributed by atoms with Crippen LogP contribution in [0, 0.1) is 6.92 Å². The van der Waals surface area contributed by atoms with Crippen LogP contribution in [0.3, 0.4) is 0 Å². The van der Waals surface area contributed by atoms with E-state index in [2.05, 4.69) is 48.2 Å². The van der Waals surface area contributed by atoms with E-state index in [1.54, 1.807) is 16.0 Å². The van der Waals surface area contributed by atoms with Gasteiger partial charge in [-0.3, -0.25) is 0 Å². The molecule has 0 bridgehead atoms. The molecule has 0 radical (unpaired) electrons. The third kappa shape index (κ3) is 2.88. The number of benzene rings is 1. The number of aryl methyl sites for hydroxylation is 1. The van der Waals surface area contributed by atoms with E-state index in [1.165, 1.54) is 4.88 Å². The average molecular weight is 350 g/mol. The van der Waals surface area contributed by atoms with Gasteiger partial charge in [0, 0.05) is 27.0 Å². The Bertz CT molecular complexity index is 721. The second-order valence-corrected chi connectivity index (χ2v) is 6.18. The lowest BCUT2D eigenvalue weighted by atomic mass is 10.2. The third-order valence-electron chi connectivity index (χ3n) is 2.80. The lowest BCUT2D eigenvalue weighted by Gasteiger charge is -2.07. The van der Waals surface area contributed by atoms with E-state index in [0.29, 0.717) is 0 Å². The third-order valence-corrected chi connectivity index (χ3v) is 4.50. The van der Waals surface area contributed by atoms with E-state index < -0.39 is 0 Å². The van der Waals surface area contributed by atoms with Crippen LogP contribution in [0.2, 0.25) is 0 Å². The van der Waals surface area contributed by atoms with Gasteiger partial charge in [-0.05, 0) is 57.5 Å². The van der Waals surface area contributed by atoms with Crippen molar-refractivity contribution < 1.29 is 0 Å². The molecule has 3 aromatic rings. The van der Waals surface area contributed by atoms with Crippen molar-refractivity contribution in [3.8, 4) is 5.69 Å². The average Bonchev–Trinajstić information content (AvgIpc) is 3.05. The van der Waals surface area contributed by atoms with Gasteiger partial charge >= 0.3 is 0 Å². The van der Waals surface area contributed by atoms with E-state index in [-0.39, 0.29) is 0 Å². The van der Waals surface area contributed by atoms with E-state index in [1.807, 2.05) is 31.2 Å². The van der Waals surface area contributed by atoms with E-state index >= 15 is 0 Å². The molecule has 0 amide bonds. The number of rotatable bonds is 4. The molecule has 2 aromatic heterocycles. The Hall–Kier alpha value is -1.73. The molecule has 102 valence electrons. The minimum Gasteiger partial charge on any atom is -0.380 e. The highest BCUT2D eigenvalue weighted by Crippen LogP contribution is 2.21.